The molecular weight excluding hydrogens is 224 g/mol. The summed E-state index contributed by atoms with van der Waals surface area (Å²) in [6.45, 7) is 9.96. The van der Waals surface area contributed by atoms with Crippen LogP contribution in [0.3, 0.4) is 0 Å². The number of hydrogen-bond acceptors (Lipinski definition) is 5. The van der Waals surface area contributed by atoms with Crippen LogP contribution >= 0.6 is 0 Å². The van der Waals surface area contributed by atoms with E-state index in [1.54, 1.807) is 6.92 Å². The van der Waals surface area contributed by atoms with Crippen molar-refractivity contribution in [1.29, 1.82) is 0 Å². The van der Waals surface area contributed by atoms with Crippen molar-refractivity contribution in [3.8, 4) is 0 Å². The van der Waals surface area contributed by atoms with Gasteiger partial charge in [0.25, 0.3) is 11.4 Å². The van der Waals surface area contributed by atoms with Crippen LogP contribution in [0.1, 0.15) is 34.1 Å². The average molecular weight is 242 g/mol. The number of hydrogen-bond donors (Lipinski definition) is 1. The monoisotopic (exact) mass is 242 g/mol. The number of cyclic esters (lactones) is 2. The number of carbonyl (C=O) groups excluding carboxylic acids is 2. The molecule has 5 nitrogen and oxygen atoms in total. The fraction of sp³-hybridized carbons (Fsp3) is 0.667. The predicted molar refractivity (Wildman–Crippen MR) is 59.8 cm³/mol. The Labute approximate surface area is 100 Å². The molecule has 0 saturated carbocycles. The van der Waals surface area contributed by atoms with Gasteiger partial charge in [-0.15, -0.1) is 0 Å². The van der Waals surface area contributed by atoms with Gasteiger partial charge in [0.05, 0.1) is 0 Å². The number of esters is 2. The van der Waals surface area contributed by atoms with E-state index in [-0.39, 0.29) is 0 Å². The van der Waals surface area contributed by atoms with Crippen LogP contribution in [0.2, 0.25) is 0 Å². The van der Waals surface area contributed by atoms with Gasteiger partial charge in [-0.25, -0.2) is 9.59 Å². The summed E-state index contributed by atoms with van der Waals surface area (Å²) in [6, 6.07) is 0. The van der Waals surface area contributed by atoms with Crippen LogP contribution in [-0.2, 0) is 19.1 Å². The summed E-state index contributed by atoms with van der Waals surface area (Å²) in [5.74, 6) is -4.06. The molecule has 17 heavy (non-hydrogen) atoms. The molecule has 96 valence electrons. The first-order chi connectivity index (χ1) is 7.65. The molecule has 1 N–H and O–H groups in total. The Hall–Kier alpha value is -1.36. The highest BCUT2D eigenvalue weighted by Crippen LogP contribution is 2.34. The number of aliphatic hydroxyl groups is 1. The van der Waals surface area contributed by atoms with Crippen molar-refractivity contribution in [3.05, 3.63) is 12.2 Å². The minimum Gasteiger partial charge on any atom is -0.420 e. The fourth-order valence-electron chi connectivity index (χ4n) is 1.66. The molecule has 1 unspecified atom stereocenters. The van der Waals surface area contributed by atoms with Crippen molar-refractivity contribution < 1.29 is 24.2 Å². The highest BCUT2D eigenvalue weighted by Gasteiger charge is 2.58. The minimum absolute atomic E-state index is 0.549. The molecule has 1 saturated heterocycles. The Morgan fingerprint density at radius 1 is 1.35 bits per heavy atom. The highest BCUT2D eigenvalue weighted by atomic mass is 16.8. The average Bonchev–Trinajstić information content (AvgIpc) is 2.22. The highest BCUT2D eigenvalue weighted by molar-refractivity contribution is 6.05. The first kappa shape index (κ1) is 13.7. The lowest BCUT2D eigenvalue weighted by atomic mass is 9.82. The van der Waals surface area contributed by atoms with Crippen molar-refractivity contribution >= 4 is 11.9 Å². The lowest BCUT2D eigenvalue weighted by molar-refractivity contribution is -0.263. The van der Waals surface area contributed by atoms with Crippen LogP contribution in [0, 0.1) is 5.92 Å². The van der Waals surface area contributed by atoms with Gasteiger partial charge in [-0.05, 0) is 6.42 Å². The van der Waals surface area contributed by atoms with E-state index in [1.807, 2.05) is 6.92 Å². The lowest BCUT2D eigenvalue weighted by Gasteiger charge is -2.40. The molecule has 5 heteroatoms. The fourth-order valence-corrected chi connectivity index (χ4v) is 1.66. The van der Waals surface area contributed by atoms with E-state index in [2.05, 4.69) is 6.58 Å². The Morgan fingerprint density at radius 3 is 2.12 bits per heavy atom. The van der Waals surface area contributed by atoms with Crippen molar-refractivity contribution in [2.45, 2.75) is 45.5 Å². The molecule has 1 heterocycles. The zero-order valence-electron chi connectivity index (χ0n) is 10.6. The third kappa shape index (κ3) is 2.20. The molecule has 0 aromatic carbocycles. The van der Waals surface area contributed by atoms with Gasteiger partial charge in [-0.2, -0.15) is 0 Å². The molecule has 1 fully saturated rings. The Balaban J connectivity index is 3.08. The van der Waals surface area contributed by atoms with Gasteiger partial charge < -0.3 is 14.6 Å². The van der Waals surface area contributed by atoms with Crippen LogP contribution < -0.4 is 0 Å². The maximum absolute atomic E-state index is 11.8. The number of carbonyl (C=O) groups is 2. The molecule has 1 atom stereocenters. The number of ether oxygens (including phenoxy) is 2. The maximum atomic E-state index is 11.8. The second-order valence-corrected chi connectivity index (χ2v) is 4.68. The maximum Gasteiger partial charge on any atom is 0.353 e. The molecule has 1 aliphatic heterocycles. The Kier molecular flexibility index (Phi) is 3.34. The molecule has 1 rings (SSSR count). The van der Waals surface area contributed by atoms with E-state index in [0.29, 0.717) is 12.0 Å². The minimum atomic E-state index is -2.29. The van der Waals surface area contributed by atoms with Gasteiger partial charge in [-0.1, -0.05) is 26.0 Å². The second-order valence-electron chi connectivity index (χ2n) is 4.68. The van der Waals surface area contributed by atoms with Crippen molar-refractivity contribution in [2.75, 3.05) is 0 Å². The molecule has 0 aromatic heterocycles. The Morgan fingerprint density at radius 2 is 1.76 bits per heavy atom. The summed E-state index contributed by atoms with van der Waals surface area (Å²) in [4.78, 5) is 23.6. The molecule has 0 radical (unpaired) electrons. The van der Waals surface area contributed by atoms with Gasteiger partial charge in [0.2, 0.25) is 0 Å². The molecule has 1 aliphatic rings. The molecular formula is C12H18O5. The van der Waals surface area contributed by atoms with Gasteiger partial charge in [0, 0.05) is 19.8 Å². The van der Waals surface area contributed by atoms with Crippen LogP contribution in [0.15, 0.2) is 12.2 Å². The van der Waals surface area contributed by atoms with Gasteiger partial charge >= 0.3 is 11.9 Å². The third-order valence-electron chi connectivity index (χ3n) is 2.99. The van der Waals surface area contributed by atoms with Crippen molar-refractivity contribution in [3.63, 3.8) is 0 Å². The van der Waals surface area contributed by atoms with E-state index in [0.717, 1.165) is 0 Å². The van der Waals surface area contributed by atoms with E-state index in [1.165, 1.54) is 13.8 Å². The van der Waals surface area contributed by atoms with Crippen LogP contribution in [0.5, 0.6) is 0 Å². The first-order valence-electron chi connectivity index (χ1n) is 5.52. The number of rotatable bonds is 3. The second kappa shape index (κ2) is 4.14. The summed E-state index contributed by atoms with van der Waals surface area (Å²) in [7, 11) is 0. The lowest BCUT2D eigenvalue weighted by Crippen LogP contribution is -2.62. The van der Waals surface area contributed by atoms with Crippen LogP contribution in [0.4, 0.5) is 0 Å². The van der Waals surface area contributed by atoms with Crippen molar-refractivity contribution in [2.24, 2.45) is 5.92 Å². The van der Waals surface area contributed by atoms with Crippen molar-refractivity contribution in [1.82, 2.24) is 0 Å². The summed E-state index contributed by atoms with van der Waals surface area (Å²) >= 11 is 0. The van der Waals surface area contributed by atoms with Gasteiger partial charge in [-0.3, -0.25) is 0 Å². The predicted octanol–water partition coefficient (Wildman–Crippen LogP) is 1.16. The van der Waals surface area contributed by atoms with Crippen LogP contribution in [-0.4, -0.2) is 28.4 Å². The van der Waals surface area contributed by atoms with Gasteiger partial charge in [0.15, 0.2) is 0 Å². The Bertz CT molecular complexity index is 349. The normalized spacial score (nSPS) is 23.6. The zero-order chi connectivity index (χ0) is 13.4. The first-order valence-corrected chi connectivity index (χ1v) is 5.52. The van der Waals surface area contributed by atoms with E-state index in [9.17, 15) is 14.7 Å². The van der Waals surface area contributed by atoms with Gasteiger partial charge in [0.1, 0.15) is 0 Å². The SMILES string of the molecule is C=C(CC)C(C)C1(O)C(=O)OC(C)(C)OC1=O. The van der Waals surface area contributed by atoms with E-state index in [4.69, 9.17) is 9.47 Å². The molecule has 0 amide bonds. The molecule has 0 aromatic rings. The molecule has 0 bridgehead atoms. The van der Waals surface area contributed by atoms with E-state index < -0.39 is 29.2 Å². The summed E-state index contributed by atoms with van der Waals surface area (Å²) < 4.78 is 9.80. The zero-order valence-corrected chi connectivity index (χ0v) is 10.6. The largest absolute Gasteiger partial charge is 0.420 e. The summed E-state index contributed by atoms with van der Waals surface area (Å²) in [5, 5.41) is 10.2. The third-order valence-corrected chi connectivity index (χ3v) is 2.99. The smallest absolute Gasteiger partial charge is 0.353 e. The summed E-state index contributed by atoms with van der Waals surface area (Å²) in [6.07, 6.45) is 0.549. The molecule has 0 spiro atoms. The summed E-state index contributed by atoms with van der Waals surface area (Å²) in [5.41, 5.74) is -1.70. The topological polar surface area (TPSA) is 72.8 Å². The quantitative estimate of drug-likeness (QED) is 0.456. The standard InChI is InChI=1S/C12H18O5/c1-6-7(2)8(3)12(15)9(13)16-11(4,5)17-10(12)14/h8,15H,2,6H2,1,3-5H3. The molecule has 0 aliphatic carbocycles. The van der Waals surface area contributed by atoms with E-state index >= 15 is 0 Å². The van der Waals surface area contributed by atoms with Crippen LogP contribution in [0.25, 0.3) is 0 Å².